The van der Waals surface area contributed by atoms with Crippen LogP contribution in [0.1, 0.15) is 43.4 Å². The topological polar surface area (TPSA) is 38.3 Å². The van der Waals surface area contributed by atoms with Gasteiger partial charge in [-0.05, 0) is 43.0 Å². The fourth-order valence-electron chi connectivity index (χ4n) is 2.61. The third kappa shape index (κ3) is 5.49. The first kappa shape index (κ1) is 18.8. The van der Waals surface area contributed by atoms with E-state index in [2.05, 4.69) is 19.2 Å². The van der Waals surface area contributed by atoms with E-state index in [1.165, 1.54) is 0 Å². The maximum atomic E-state index is 12.3. The van der Waals surface area contributed by atoms with E-state index >= 15 is 0 Å². The number of hydrogen-bond donors (Lipinski definition) is 1. The van der Waals surface area contributed by atoms with Crippen molar-refractivity contribution in [1.29, 1.82) is 0 Å². The summed E-state index contributed by atoms with van der Waals surface area (Å²) in [7, 11) is 0. The summed E-state index contributed by atoms with van der Waals surface area (Å²) in [6.07, 6.45) is 6.37. The molecule has 2 rings (SSSR count). The quantitative estimate of drug-likeness (QED) is 0.518. The van der Waals surface area contributed by atoms with E-state index in [1.54, 1.807) is 12.2 Å². The largest absolute Gasteiger partial charge is 0.493 e. The van der Waals surface area contributed by atoms with Crippen LogP contribution in [0.25, 0.3) is 6.08 Å². The number of para-hydroxylation sites is 2. The molecule has 0 saturated carbocycles. The van der Waals surface area contributed by atoms with Crippen LogP contribution in [0.15, 0.2) is 48.5 Å². The first-order chi connectivity index (χ1) is 12.2. The highest BCUT2D eigenvalue weighted by atomic mass is 16.5. The van der Waals surface area contributed by atoms with Crippen molar-refractivity contribution in [3.05, 3.63) is 65.2 Å². The molecular weight excluding hydrogens is 310 g/mol. The van der Waals surface area contributed by atoms with Gasteiger partial charge in [-0.25, -0.2) is 0 Å². The summed E-state index contributed by atoms with van der Waals surface area (Å²) in [5.74, 6) is 0.678. The van der Waals surface area contributed by atoms with Gasteiger partial charge in [0.25, 0.3) is 0 Å². The lowest BCUT2D eigenvalue weighted by Crippen LogP contribution is -2.11. The Morgan fingerprint density at radius 3 is 2.68 bits per heavy atom. The number of ether oxygens (including phenoxy) is 1. The van der Waals surface area contributed by atoms with E-state index in [1.807, 2.05) is 49.4 Å². The zero-order chi connectivity index (χ0) is 18.1. The highest BCUT2D eigenvalue weighted by molar-refractivity contribution is 6.03. The number of carbonyl (C=O) groups excluding carboxylic acids is 1. The molecular formula is C22H27NO2. The van der Waals surface area contributed by atoms with Crippen LogP contribution >= 0.6 is 0 Å². The van der Waals surface area contributed by atoms with Gasteiger partial charge >= 0.3 is 0 Å². The predicted molar refractivity (Wildman–Crippen MR) is 105 cm³/mol. The van der Waals surface area contributed by atoms with Gasteiger partial charge in [0.2, 0.25) is 5.91 Å². The number of anilines is 1. The summed E-state index contributed by atoms with van der Waals surface area (Å²) < 4.78 is 5.80. The van der Waals surface area contributed by atoms with Crippen LogP contribution in [-0.2, 0) is 11.2 Å². The van der Waals surface area contributed by atoms with Gasteiger partial charge in [0.15, 0.2) is 0 Å². The number of hydrogen-bond acceptors (Lipinski definition) is 2. The summed E-state index contributed by atoms with van der Waals surface area (Å²) in [5, 5.41) is 3.01. The van der Waals surface area contributed by atoms with Gasteiger partial charge < -0.3 is 10.1 Å². The second-order valence-corrected chi connectivity index (χ2v) is 6.03. The number of unbranched alkanes of at least 4 members (excludes halogenated alkanes) is 1. The number of rotatable bonds is 8. The summed E-state index contributed by atoms with van der Waals surface area (Å²) >= 11 is 0. The van der Waals surface area contributed by atoms with E-state index in [0.29, 0.717) is 6.61 Å². The molecule has 1 amide bonds. The lowest BCUT2D eigenvalue weighted by atomic mass is 10.1. The zero-order valence-electron chi connectivity index (χ0n) is 15.3. The first-order valence-electron chi connectivity index (χ1n) is 8.95. The molecule has 3 heteroatoms. The van der Waals surface area contributed by atoms with Crippen LogP contribution in [0.2, 0.25) is 0 Å². The molecule has 2 aromatic rings. The second-order valence-electron chi connectivity index (χ2n) is 6.03. The Morgan fingerprint density at radius 1 is 1.12 bits per heavy atom. The number of carbonyl (C=O) groups is 1. The molecule has 0 aromatic heterocycles. The van der Waals surface area contributed by atoms with Crippen LogP contribution < -0.4 is 10.1 Å². The van der Waals surface area contributed by atoms with Crippen molar-refractivity contribution >= 4 is 17.7 Å². The number of amides is 1. The molecule has 0 aliphatic heterocycles. The zero-order valence-corrected chi connectivity index (χ0v) is 15.3. The molecule has 0 saturated heterocycles. The van der Waals surface area contributed by atoms with Gasteiger partial charge in [-0.2, -0.15) is 0 Å². The average molecular weight is 337 g/mol. The van der Waals surface area contributed by atoms with E-state index in [0.717, 1.165) is 47.4 Å². The summed E-state index contributed by atoms with van der Waals surface area (Å²) in [6.45, 7) is 6.92. The third-order valence-corrected chi connectivity index (χ3v) is 4.08. The van der Waals surface area contributed by atoms with Crippen LogP contribution in [0.4, 0.5) is 5.69 Å². The van der Waals surface area contributed by atoms with Crippen molar-refractivity contribution < 1.29 is 9.53 Å². The van der Waals surface area contributed by atoms with Gasteiger partial charge in [-0.3, -0.25) is 4.79 Å². The molecule has 1 N–H and O–H groups in total. The highest BCUT2D eigenvalue weighted by Gasteiger charge is 2.07. The monoisotopic (exact) mass is 337 g/mol. The summed E-state index contributed by atoms with van der Waals surface area (Å²) in [4.78, 5) is 12.3. The highest BCUT2D eigenvalue weighted by Crippen LogP contribution is 2.22. The molecule has 0 aliphatic rings. The standard InChI is InChI=1S/C22H27NO2/c1-4-6-16-25-20-13-8-7-11-19(20)14-15-21(24)23-22-17(3)10-9-12-18(22)5-2/h7-15H,4-6,16H2,1-3H3,(H,23,24)/b15-14+. The fourth-order valence-corrected chi connectivity index (χ4v) is 2.61. The normalized spacial score (nSPS) is 10.8. The van der Waals surface area contributed by atoms with E-state index in [4.69, 9.17) is 4.74 Å². The molecule has 2 aromatic carbocycles. The molecule has 132 valence electrons. The smallest absolute Gasteiger partial charge is 0.248 e. The van der Waals surface area contributed by atoms with Crippen molar-refractivity contribution in [1.82, 2.24) is 0 Å². The Labute approximate surface area is 150 Å². The molecule has 0 heterocycles. The molecule has 3 nitrogen and oxygen atoms in total. The molecule has 0 spiro atoms. The van der Waals surface area contributed by atoms with Gasteiger partial charge in [0, 0.05) is 17.3 Å². The maximum Gasteiger partial charge on any atom is 0.248 e. The maximum absolute atomic E-state index is 12.3. The number of aryl methyl sites for hydroxylation is 2. The Balaban J connectivity index is 2.08. The lowest BCUT2D eigenvalue weighted by molar-refractivity contribution is -0.111. The van der Waals surface area contributed by atoms with Crippen LogP contribution in [-0.4, -0.2) is 12.5 Å². The SMILES string of the molecule is CCCCOc1ccccc1/C=C/C(=O)Nc1c(C)cccc1CC. The molecule has 0 fully saturated rings. The summed E-state index contributed by atoms with van der Waals surface area (Å²) in [6, 6.07) is 13.8. The Hall–Kier alpha value is -2.55. The Kier molecular flexibility index (Phi) is 7.27. The first-order valence-corrected chi connectivity index (χ1v) is 8.95. The van der Waals surface area contributed by atoms with Crippen molar-refractivity contribution in [2.24, 2.45) is 0 Å². The molecule has 0 radical (unpaired) electrons. The number of nitrogens with one attached hydrogen (secondary N) is 1. The minimum atomic E-state index is -0.132. The van der Waals surface area contributed by atoms with Crippen molar-refractivity contribution in [3.8, 4) is 5.75 Å². The summed E-state index contributed by atoms with van der Waals surface area (Å²) in [5.41, 5.74) is 4.04. The van der Waals surface area contributed by atoms with Crippen LogP contribution in [0.3, 0.4) is 0 Å². The number of benzene rings is 2. The van der Waals surface area contributed by atoms with Crippen LogP contribution in [0, 0.1) is 6.92 Å². The Bertz CT molecular complexity index is 735. The van der Waals surface area contributed by atoms with Gasteiger partial charge in [-0.1, -0.05) is 56.7 Å². The average Bonchev–Trinajstić information content (AvgIpc) is 2.63. The van der Waals surface area contributed by atoms with Crippen molar-refractivity contribution in [2.75, 3.05) is 11.9 Å². The fraction of sp³-hybridized carbons (Fsp3) is 0.318. The van der Waals surface area contributed by atoms with Gasteiger partial charge in [0.05, 0.1) is 6.61 Å². The molecule has 0 atom stereocenters. The van der Waals surface area contributed by atoms with Crippen molar-refractivity contribution in [2.45, 2.75) is 40.0 Å². The minimum absolute atomic E-state index is 0.132. The molecule has 0 bridgehead atoms. The lowest BCUT2D eigenvalue weighted by Gasteiger charge is -2.11. The molecule has 0 aliphatic carbocycles. The van der Waals surface area contributed by atoms with Crippen molar-refractivity contribution in [3.63, 3.8) is 0 Å². The Morgan fingerprint density at radius 2 is 1.92 bits per heavy atom. The molecule has 0 unspecified atom stereocenters. The van der Waals surface area contributed by atoms with E-state index < -0.39 is 0 Å². The minimum Gasteiger partial charge on any atom is -0.493 e. The van der Waals surface area contributed by atoms with E-state index in [9.17, 15) is 4.79 Å². The van der Waals surface area contributed by atoms with Crippen LogP contribution in [0.5, 0.6) is 5.75 Å². The van der Waals surface area contributed by atoms with Gasteiger partial charge in [0.1, 0.15) is 5.75 Å². The molecule has 25 heavy (non-hydrogen) atoms. The van der Waals surface area contributed by atoms with Gasteiger partial charge in [-0.15, -0.1) is 0 Å². The van der Waals surface area contributed by atoms with E-state index in [-0.39, 0.29) is 5.91 Å². The third-order valence-electron chi connectivity index (χ3n) is 4.08. The predicted octanol–water partition coefficient (Wildman–Crippen LogP) is 5.39. The second kappa shape index (κ2) is 9.67.